The highest BCUT2D eigenvalue weighted by atomic mass is 19.4. The molecule has 0 saturated carbocycles. The third kappa shape index (κ3) is 5.80. The number of rotatable bonds is 6. The topological polar surface area (TPSA) is 58.6 Å². The van der Waals surface area contributed by atoms with Crippen LogP contribution in [0.1, 0.15) is 15.9 Å². The van der Waals surface area contributed by atoms with E-state index in [0.29, 0.717) is 5.56 Å². The van der Waals surface area contributed by atoms with Crippen molar-refractivity contribution in [1.29, 1.82) is 0 Å². The number of nitrogens with one attached hydrogen (secondary N) is 1. The fraction of sp³-hybridized carbons (Fsp3) is 0.222. The van der Waals surface area contributed by atoms with E-state index in [4.69, 9.17) is 0 Å². The summed E-state index contributed by atoms with van der Waals surface area (Å²) < 4.78 is 41.3. The molecule has 0 aliphatic carbocycles. The summed E-state index contributed by atoms with van der Waals surface area (Å²) in [5.41, 5.74) is 0.613. The summed E-state index contributed by atoms with van der Waals surface area (Å²) in [5, 5.41) is 2.48. The Morgan fingerprint density at radius 3 is 2.31 bits per heavy atom. The number of alkyl halides is 3. The lowest BCUT2D eigenvalue weighted by atomic mass is 10.2. The van der Waals surface area contributed by atoms with E-state index < -0.39 is 18.2 Å². The van der Waals surface area contributed by atoms with Gasteiger partial charge in [0, 0.05) is 24.7 Å². The number of halogens is 3. The Balaban J connectivity index is 1.94. The van der Waals surface area contributed by atoms with Gasteiger partial charge in [0.1, 0.15) is 5.75 Å². The molecule has 0 radical (unpaired) electrons. The largest absolute Gasteiger partial charge is 0.573 e. The molecular weight excluding hydrogens is 349 g/mol. The average molecular weight is 366 g/mol. The molecule has 0 aliphatic rings. The lowest BCUT2D eigenvalue weighted by Crippen LogP contribution is -2.37. The predicted molar refractivity (Wildman–Crippen MR) is 88.4 cm³/mol. The molecule has 26 heavy (non-hydrogen) atoms. The van der Waals surface area contributed by atoms with Crippen LogP contribution >= 0.6 is 0 Å². The van der Waals surface area contributed by atoms with E-state index in [1.165, 1.54) is 30.1 Å². The Morgan fingerprint density at radius 2 is 1.65 bits per heavy atom. The minimum Gasteiger partial charge on any atom is -0.405 e. The number of ether oxygens (including phenoxy) is 1. The Kier molecular flexibility index (Phi) is 6.21. The Morgan fingerprint density at radius 1 is 1.04 bits per heavy atom. The summed E-state index contributed by atoms with van der Waals surface area (Å²) in [5.74, 6) is -1.22. The van der Waals surface area contributed by atoms with Gasteiger partial charge in [-0.1, -0.05) is 36.4 Å². The van der Waals surface area contributed by atoms with E-state index in [1.54, 1.807) is 36.4 Å². The van der Waals surface area contributed by atoms with Crippen molar-refractivity contribution in [3.63, 3.8) is 0 Å². The van der Waals surface area contributed by atoms with Crippen molar-refractivity contribution in [3.05, 3.63) is 65.7 Å². The third-order valence-electron chi connectivity index (χ3n) is 3.47. The zero-order valence-electron chi connectivity index (χ0n) is 13.9. The number of carbonyl (C=O) groups is 2. The van der Waals surface area contributed by atoms with Gasteiger partial charge in [0.2, 0.25) is 5.91 Å². The summed E-state index contributed by atoms with van der Waals surface area (Å²) in [7, 11) is 1.43. The van der Waals surface area contributed by atoms with Gasteiger partial charge in [0.15, 0.2) is 0 Å². The number of hydrogen-bond donors (Lipinski definition) is 1. The first-order valence-corrected chi connectivity index (χ1v) is 7.67. The molecule has 2 rings (SSSR count). The highest BCUT2D eigenvalue weighted by Gasteiger charge is 2.32. The van der Waals surface area contributed by atoms with Crippen LogP contribution in [0, 0.1) is 0 Å². The number of likely N-dealkylation sites (N-methyl/N-ethyl adjacent to an activating group) is 1. The van der Waals surface area contributed by atoms with Crippen LogP contribution < -0.4 is 10.1 Å². The van der Waals surface area contributed by atoms with E-state index in [9.17, 15) is 22.8 Å². The fourth-order valence-corrected chi connectivity index (χ4v) is 2.18. The SMILES string of the molecule is CN(Cc1ccccc1OC(F)(F)F)C(=O)CNC(=O)c1ccccc1. The van der Waals surface area contributed by atoms with E-state index in [2.05, 4.69) is 10.1 Å². The first-order chi connectivity index (χ1) is 12.3. The summed E-state index contributed by atoms with van der Waals surface area (Å²) >= 11 is 0. The second-order valence-electron chi connectivity index (χ2n) is 5.45. The molecule has 2 aromatic carbocycles. The summed E-state index contributed by atoms with van der Waals surface area (Å²) in [6.45, 7) is -0.362. The second-order valence-corrected chi connectivity index (χ2v) is 5.45. The van der Waals surface area contributed by atoms with Gasteiger partial charge >= 0.3 is 6.36 Å². The lowest BCUT2D eigenvalue weighted by molar-refractivity contribution is -0.275. The molecule has 0 spiro atoms. The number of benzene rings is 2. The number of carbonyl (C=O) groups excluding carboxylic acids is 2. The quantitative estimate of drug-likeness (QED) is 0.855. The van der Waals surface area contributed by atoms with E-state index >= 15 is 0 Å². The predicted octanol–water partition coefficient (Wildman–Crippen LogP) is 2.97. The molecule has 0 bridgehead atoms. The van der Waals surface area contributed by atoms with E-state index in [-0.39, 0.29) is 24.4 Å². The molecule has 2 amide bonds. The number of amides is 2. The Bertz CT molecular complexity index is 764. The molecule has 0 heterocycles. The maximum Gasteiger partial charge on any atom is 0.573 e. The molecular formula is C18H17F3N2O3. The van der Waals surface area contributed by atoms with Gasteiger partial charge in [-0.25, -0.2) is 0 Å². The Labute approximate surface area is 148 Å². The summed E-state index contributed by atoms with van der Waals surface area (Å²) in [6, 6.07) is 13.9. The highest BCUT2D eigenvalue weighted by molar-refractivity contribution is 5.96. The van der Waals surface area contributed by atoms with Crippen LogP contribution in [0.25, 0.3) is 0 Å². The van der Waals surface area contributed by atoms with Crippen LogP contribution in [0.5, 0.6) is 5.75 Å². The molecule has 138 valence electrons. The normalized spacial score (nSPS) is 10.9. The van der Waals surface area contributed by atoms with Crippen molar-refractivity contribution in [2.24, 2.45) is 0 Å². The summed E-state index contributed by atoms with van der Waals surface area (Å²) in [4.78, 5) is 25.3. The molecule has 0 unspecified atom stereocenters. The van der Waals surface area contributed by atoms with Crippen molar-refractivity contribution in [2.75, 3.05) is 13.6 Å². The van der Waals surface area contributed by atoms with Gasteiger partial charge < -0.3 is 15.0 Å². The Hall–Kier alpha value is -3.03. The van der Waals surface area contributed by atoms with Crippen molar-refractivity contribution >= 4 is 11.8 Å². The van der Waals surface area contributed by atoms with Crippen molar-refractivity contribution < 1.29 is 27.5 Å². The molecule has 0 aromatic heterocycles. The van der Waals surface area contributed by atoms with Crippen LogP contribution in [-0.2, 0) is 11.3 Å². The van der Waals surface area contributed by atoms with Crippen molar-refractivity contribution in [3.8, 4) is 5.75 Å². The third-order valence-corrected chi connectivity index (χ3v) is 3.47. The highest BCUT2D eigenvalue weighted by Crippen LogP contribution is 2.26. The molecule has 1 N–H and O–H groups in total. The van der Waals surface area contributed by atoms with Crippen molar-refractivity contribution in [1.82, 2.24) is 10.2 Å². The van der Waals surface area contributed by atoms with Crippen LogP contribution in [0.4, 0.5) is 13.2 Å². The lowest BCUT2D eigenvalue weighted by Gasteiger charge is -2.20. The fourth-order valence-electron chi connectivity index (χ4n) is 2.18. The first kappa shape index (κ1) is 19.3. The van der Waals surface area contributed by atoms with Gasteiger partial charge in [-0.2, -0.15) is 0 Å². The molecule has 0 fully saturated rings. The summed E-state index contributed by atoms with van der Waals surface area (Å²) in [6.07, 6.45) is -4.82. The minimum atomic E-state index is -4.82. The van der Waals surface area contributed by atoms with Gasteiger partial charge in [-0.05, 0) is 18.2 Å². The average Bonchev–Trinajstić information content (AvgIpc) is 2.60. The van der Waals surface area contributed by atoms with Crippen LogP contribution in [0.3, 0.4) is 0 Å². The number of nitrogens with zero attached hydrogens (tertiary/aromatic N) is 1. The smallest absolute Gasteiger partial charge is 0.405 e. The van der Waals surface area contributed by atoms with Gasteiger partial charge in [0.25, 0.3) is 5.91 Å². The van der Waals surface area contributed by atoms with Crippen LogP contribution in [-0.4, -0.2) is 36.7 Å². The van der Waals surface area contributed by atoms with E-state index in [0.717, 1.165) is 0 Å². The van der Waals surface area contributed by atoms with Gasteiger partial charge in [-0.15, -0.1) is 13.2 Å². The van der Waals surface area contributed by atoms with Gasteiger partial charge in [0.05, 0.1) is 6.54 Å². The number of para-hydroxylation sites is 1. The van der Waals surface area contributed by atoms with E-state index in [1.807, 2.05) is 0 Å². The monoisotopic (exact) mass is 366 g/mol. The molecule has 0 aliphatic heterocycles. The molecule has 0 saturated heterocycles. The molecule has 0 atom stereocenters. The molecule has 5 nitrogen and oxygen atoms in total. The zero-order chi connectivity index (χ0) is 19.2. The van der Waals surface area contributed by atoms with Gasteiger partial charge in [-0.3, -0.25) is 9.59 Å². The second kappa shape index (κ2) is 8.37. The molecule has 8 heteroatoms. The maximum absolute atomic E-state index is 12.4. The standard InChI is InChI=1S/C18H17F3N2O3/c1-23(12-14-9-5-6-10-15(14)26-18(19,20)21)16(24)11-22-17(25)13-7-3-2-4-8-13/h2-10H,11-12H2,1H3,(H,22,25). The van der Waals surface area contributed by atoms with Crippen molar-refractivity contribution in [2.45, 2.75) is 12.9 Å². The first-order valence-electron chi connectivity index (χ1n) is 7.67. The molecule has 2 aromatic rings. The maximum atomic E-state index is 12.4. The van der Waals surface area contributed by atoms with Crippen LogP contribution in [0.2, 0.25) is 0 Å². The van der Waals surface area contributed by atoms with Crippen LogP contribution in [0.15, 0.2) is 54.6 Å². The number of hydrogen-bond acceptors (Lipinski definition) is 3. The minimum absolute atomic E-state index is 0.0910. The zero-order valence-corrected chi connectivity index (χ0v) is 13.9.